The molecule has 3 aromatic rings. The highest BCUT2D eigenvalue weighted by molar-refractivity contribution is 6.08. The average molecular weight is 413 g/mol. The predicted octanol–water partition coefficient (Wildman–Crippen LogP) is 4.45. The molecule has 1 aliphatic rings. The minimum absolute atomic E-state index is 0.0714. The van der Waals surface area contributed by atoms with Crippen LogP contribution >= 0.6 is 0 Å². The summed E-state index contributed by atoms with van der Waals surface area (Å²) in [4.78, 5) is 37.4. The number of benzene rings is 3. The standard InChI is InChI=1S/C24H19N3O4/c28-23(14-11-17-5-2-4-8-22(17)27(30)31)25-20-12-9-19(10-13-20)24(29)26-16-15-18-6-1-3-7-21(18)26/h1-14H,15-16H2,(H,25,28)/b14-11+. The van der Waals surface area contributed by atoms with E-state index in [0.29, 0.717) is 23.4 Å². The molecule has 0 atom stereocenters. The Balaban J connectivity index is 1.42. The maximum Gasteiger partial charge on any atom is 0.276 e. The van der Waals surface area contributed by atoms with E-state index in [0.717, 1.165) is 17.7 Å². The van der Waals surface area contributed by atoms with Gasteiger partial charge in [0.2, 0.25) is 5.91 Å². The van der Waals surface area contributed by atoms with Crippen molar-refractivity contribution in [1.82, 2.24) is 0 Å². The first-order valence-electron chi connectivity index (χ1n) is 9.75. The van der Waals surface area contributed by atoms with Crippen LogP contribution in [0.2, 0.25) is 0 Å². The Morgan fingerprint density at radius 2 is 1.68 bits per heavy atom. The number of nitro groups is 1. The Kier molecular flexibility index (Phi) is 5.57. The van der Waals surface area contributed by atoms with Crippen LogP contribution in [0.15, 0.2) is 78.9 Å². The van der Waals surface area contributed by atoms with Gasteiger partial charge in [0.25, 0.3) is 11.6 Å². The van der Waals surface area contributed by atoms with Crippen LogP contribution in [0.1, 0.15) is 21.5 Å². The van der Waals surface area contributed by atoms with Crippen LogP contribution in [0.3, 0.4) is 0 Å². The molecular weight excluding hydrogens is 394 g/mol. The number of carbonyl (C=O) groups excluding carboxylic acids is 2. The molecule has 1 N–H and O–H groups in total. The number of carbonyl (C=O) groups is 2. The number of para-hydroxylation sites is 2. The van der Waals surface area contributed by atoms with Crippen LogP contribution in [0, 0.1) is 10.1 Å². The maximum atomic E-state index is 12.9. The zero-order valence-electron chi connectivity index (χ0n) is 16.5. The molecule has 31 heavy (non-hydrogen) atoms. The number of fused-ring (bicyclic) bond motifs is 1. The van der Waals surface area contributed by atoms with E-state index in [1.54, 1.807) is 47.4 Å². The van der Waals surface area contributed by atoms with Crippen LogP contribution < -0.4 is 10.2 Å². The SMILES string of the molecule is O=C(/C=C/c1ccccc1[N+](=O)[O-])Nc1ccc(C(=O)N2CCc3ccccc32)cc1. The second kappa shape index (κ2) is 8.62. The second-order valence-corrected chi connectivity index (χ2v) is 7.05. The second-order valence-electron chi connectivity index (χ2n) is 7.05. The van der Waals surface area contributed by atoms with Gasteiger partial charge in [-0.3, -0.25) is 19.7 Å². The summed E-state index contributed by atoms with van der Waals surface area (Å²) in [5.41, 5.74) is 3.42. The van der Waals surface area contributed by atoms with Gasteiger partial charge >= 0.3 is 0 Å². The van der Waals surface area contributed by atoms with Crippen molar-refractivity contribution in [2.75, 3.05) is 16.8 Å². The number of hydrogen-bond acceptors (Lipinski definition) is 4. The molecule has 0 fully saturated rings. The van der Waals surface area contributed by atoms with Crippen molar-refractivity contribution in [2.45, 2.75) is 6.42 Å². The van der Waals surface area contributed by atoms with Gasteiger partial charge in [-0.1, -0.05) is 30.3 Å². The Morgan fingerprint density at radius 3 is 2.45 bits per heavy atom. The van der Waals surface area contributed by atoms with Crippen molar-refractivity contribution in [3.63, 3.8) is 0 Å². The lowest BCUT2D eigenvalue weighted by molar-refractivity contribution is -0.385. The van der Waals surface area contributed by atoms with Crippen molar-refractivity contribution < 1.29 is 14.5 Å². The normalized spacial score (nSPS) is 12.6. The summed E-state index contributed by atoms with van der Waals surface area (Å²) in [6, 6.07) is 20.7. The summed E-state index contributed by atoms with van der Waals surface area (Å²) in [7, 11) is 0. The summed E-state index contributed by atoms with van der Waals surface area (Å²) in [6.07, 6.45) is 3.47. The fraction of sp³-hybridized carbons (Fsp3) is 0.0833. The van der Waals surface area contributed by atoms with E-state index in [4.69, 9.17) is 0 Å². The summed E-state index contributed by atoms with van der Waals surface area (Å²) >= 11 is 0. The topological polar surface area (TPSA) is 92.5 Å². The molecule has 1 aliphatic heterocycles. The molecule has 4 rings (SSSR count). The Labute approximate surface area is 178 Å². The van der Waals surface area contributed by atoms with Crippen molar-refractivity contribution in [3.05, 3.63) is 106 Å². The molecule has 7 nitrogen and oxygen atoms in total. The number of nitrogens with zero attached hydrogens (tertiary/aromatic N) is 2. The van der Waals surface area contributed by atoms with Crippen LogP contribution in [0.5, 0.6) is 0 Å². The van der Waals surface area contributed by atoms with E-state index >= 15 is 0 Å². The summed E-state index contributed by atoms with van der Waals surface area (Å²) in [5.74, 6) is -0.509. The average Bonchev–Trinajstić information content (AvgIpc) is 3.22. The molecule has 3 aromatic carbocycles. The largest absolute Gasteiger partial charge is 0.323 e. The number of hydrogen-bond donors (Lipinski definition) is 1. The number of nitrogens with one attached hydrogen (secondary N) is 1. The van der Waals surface area contributed by atoms with Gasteiger partial charge in [0, 0.05) is 35.6 Å². The van der Waals surface area contributed by atoms with E-state index in [9.17, 15) is 19.7 Å². The quantitative estimate of drug-likeness (QED) is 0.380. The lowest BCUT2D eigenvalue weighted by Gasteiger charge is -2.17. The molecule has 7 heteroatoms. The van der Waals surface area contributed by atoms with E-state index < -0.39 is 10.8 Å². The molecule has 0 aliphatic carbocycles. The fourth-order valence-electron chi connectivity index (χ4n) is 3.55. The van der Waals surface area contributed by atoms with Crippen LogP contribution in [0.25, 0.3) is 6.08 Å². The van der Waals surface area contributed by atoms with Crippen LogP contribution in [-0.2, 0) is 11.2 Å². The van der Waals surface area contributed by atoms with E-state index in [1.807, 2.05) is 24.3 Å². The monoisotopic (exact) mass is 413 g/mol. The molecular formula is C24H19N3O4. The third kappa shape index (κ3) is 4.35. The molecule has 0 saturated heterocycles. The maximum absolute atomic E-state index is 12.9. The van der Waals surface area contributed by atoms with Gasteiger partial charge in [-0.2, -0.15) is 0 Å². The van der Waals surface area contributed by atoms with E-state index in [2.05, 4.69) is 5.32 Å². The van der Waals surface area contributed by atoms with E-state index in [-0.39, 0.29) is 11.6 Å². The van der Waals surface area contributed by atoms with Crippen LogP contribution in [0.4, 0.5) is 17.1 Å². The van der Waals surface area contributed by atoms with Crippen molar-refractivity contribution >= 4 is 35.0 Å². The van der Waals surface area contributed by atoms with Crippen LogP contribution in [-0.4, -0.2) is 23.3 Å². The Bertz CT molecular complexity index is 1190. The molecule has 0 aromatic heterocycles. The molecule has 154 valence electrons. The molecule has 0 bridgehead atoms. The third-order valence-electron chi connectivity index (χ3n) is 5.08. The zero-order valence-corrected chi connectivity index (χ0v) is 16.5. The summed E-state index contributed by atoms with van der Waals surface area (Å²) < 4.78 is 0. The Morgan fingerprint density at radius 1 is 0.968 bits per heavy atom. The summed E-state index contributed by atoms with van der Waals surface area (Å²) in [5, 5.41) is 13.7. The number of rotatable bonds is 5. The van der Waals surface area contributed by atoms with Gasteiger partial charge in [0.15, 0.2) is 0 Å². The molecule has 0 saturated carbocycles. The van der Waals surface area contributed by atoms with Gasteiger partial charge in [-0.25, -0.2) is 0 Å². The molecule has 0 spiro atoms. The van der Waals surface area contributed by atoms with Crippen molar-refractivity contribution in [3.8, 4) is 0 Å². The number of amides is 2. The van der Waals surface area contributed by atoms with Gasteiger partial charge in [0.05, 0.1) is 10.5 Å². The molecule has 2 amide bonds. The number of anilines is 2. The Hall–Kier alpha value is -4.26. The lowest BCUT2D eigenvalue weighted by Crippen LogP contribution is -2.28. The highest BCUT2D eigenvalue weighted by Crippen LogP contribution is 2.29. The highest BCUT2D eigenvalue weighted by Gasteiger charge is 2.24. The van der Waals surface area contributed by atoms with Gasteiger partial charge < -0.3 is 10.2 Å². The summed E-state index contributed by atoms with van der Waals surface area (Å²) in [6.45, 7) is 0.646. The van der Waals surface area contributed by atoms with Crippen molar-refractivity contribution in [2.24, 2.45) is 0 Å². The minimum atomic E-state index is -0.494. The zero-order chi connectivity index (χ0) is 21.8. The van der Waals surface area contributed by atoms with Gasteiger partial charge in [0.1, 0.15) is 0 Å². The fourth-order valence-corrected chi connectivity index (χ4v) is 3.55. The van der Waals surface area contributed by atoms with Gasteiger partial charge in [-0.05, 0) is 54.5 Å². The van der Waals surface area contributed by atoms with Gasteiger partial charge in [-0.15, -0.1) is 0 Å². The predicted molar refractivity (Wildman–Crippen MR) is 119 cm³/mol. The molecule has 0 unspecified atom stereocenters. The first kappa shape index (κ1) is 20.0. The third-order valence-corrected chi connectivity index (χ3v) is 5.08. The smallest absolute Gasteiger partial charge is 0.276 e. The first-order chi connectivity index (χ1) is 15.0. The number of nitro benzene ring substituents is 1. The van der Waals surface area contributed by atoms with Crippen molar-refractivity contribution in [1.29, 1.82) is 0 Å². The molecule has 0 radical (unpaired) electrons. The molecule has 1 heterocycles. The van der Waals surface area contributed by atoms with E-state index in [1.165, 1.54) is 18.2 Å². The minimum Gasteiger partial charge on any atom is -0.323 e. The lowest BCUT2D eigenvalue weighted by atomic mass is 10.1. The first-order valence-corrected chi connectivity index (χ1v) is 9.75. The highest BCUT2D eigenvalue weighted by atomic mass is 16.6.